The maximum absolute atomic E-state index is 13.6. The van der Waals surface area contributed by atoms with Crippen LogP contribution in [-0.2, 0) is 0 Å². The number of carbonyl (C=O) groups excluding carboxylic acids is 1. The second-order valence-electron chi connectivity index (χ2n) is 11.5. The number of β-amino-alcohol motifs (C(OH)–C–C–N with tert-alkyl or cyclic N) is 1. The number of aliphatic hydroxyl groups excluding tert-OH is 1. The molecule has 2 heterocycles. The van der Waals surface area contributed by atoms with Crippen LogP contribution in [0.5, 0.6) is 11.5 Å². The van der Waals surface area contributed by atoms with Gasteiger partial charge >= 0.3 is 6.09 Å². The van der Waals surface area contributed by atoms with Gasteiger partial charge in [-0.2, -0.15) is 0 Å². The van der Waals surface area contributed by atoms with E-state index in [1.807, 2.05) is 56.3 Å². The highest BCUT2D eigenvalue weighted by Gasteiger charge is 2.34. The van der Waals surface area contributed by atoms with Gasteiger partial charge in [0.1, 0.15) is 11.5 Å². The summed E-state index contributed by atoms with van der Waals surface area (Å²) in [4.78, 5) is 20.1. The Bertz CT molecular complexity index is 1440. The van der Waals surface area contributed by atoms with Gasteiger partial charge in [-0.05, 0) is 103 Å². The number of amides is 1. The van der Waals surface area contributed by atoms with E-state index < -0.39 is 6.09 Å². The molecule has 0 radical (unpaired) electrons. The van der Waals surface area contributed by atoms with Crippen LogP contribution in [-0.4, -0.2) is 84.9 Å². The first-order chi connectivity index (χ1) is 22.3. The molecule has 3 aromatic rings. The number of rotatable bonds is 10. The summed E-state index contributed by atoms with van der Waals surface area (Å²) in [6.07, 6.45) is 1.23. The van der Waals surface area contributed by atoms with Gasteiger partial charge in [0.05, 0.1) is 19.3 Å². The molecule has 5 rings (SSSR count). The van der Waals surface area contributed by atoms with Crippen molar-refractivity contribution in [1.29, 1.82) is 0 Å². The van der Waals surface area contributed by atoms with Gasteiger partial charge in [0, 0.05) is 55.9 Å². The van der Waals surface area contributed by atoms with Crippen LogP contribution in [0.3, 0.4) is 0 Å². The lowest BCUT2D eigenvalue weighted by Gasteiger charge is -2.38. The minimum atomic E-state index is -0.406. The zero-order chi connectivity index (χ0) is 33.1. The smallest absolute Gasteiger partial charge is 0.416 e. The van der Waals surface area contributed by atoms with E-state index in [1.165, 1.54) is 5.57 Å². The summed E-state index contributed by atoms with van der Waals surface area (Å²) in [7, 11) is 0. The lowest BCUT2D eigenvalue weighted by atomic mass is 9.84. The summed E-state index contributed by atoms with van der Waals surface area (Å²) in [5, 5.41) is 10.4. The molecule has 9 heteroatoms. The first-order valence-corrected chi connectivity index (χ1v) is 17.1. The molecule has 3 aromatic carbocycles. The molecule has 248 valence electrons. The third-order valence-electron chi connectivity index (χ3n) is 8.54. The summed E-state index contributed by atoms with van der Waals surface area (Å²) < 4.78 is 11.9. The molecule has 1 amide bonds. The van der Waals surface area contributed by atoms with Gasteiger partial charge in [0.25, 0.3) is 0 Å². The molecule has 7 nitrogen and oxygen atoms in total. The van der Waals surface area contributed by atoms with E-state index in [2.05, 4.69) is 23.6 Å². The van der Waals surface area contributed by atoms with Crippen LogP contribution in [0.2, 0.25) is 10.0 Å². The maximum Gasteiger partial charge on any atom is 0.416 e. The van der Waals surface area contributed by atoms with Crippen molar-refractivity contribution in [2.45, 2.75) is 46.6 Å². The summed E-state index contributed by atoms with van der Waals surface area (Å²) in [6, 6.07) is 20.5. The first-order valence-electron chi connectivity index (χ1n) is 16.3. The molecule has 0 spiro atoms. The summed E-state index contributed by atoms with van der Waals surface area (Å²) in [6.45, 7) is 15.3. The molecule has 0 aliphatic carbocycles. The quantitative estimate of drug-likeness (QED) is 0.220. The minimum Gasteiger partial charge on any atom is -0.494 e. The maximum atomic E-state index is 13.6. The van der Waals surface area contributed by atoms with Crippen LogP contribution >= 0.6 is 23.2 Å². The Hall–Kier alpha value is -3.07. The number of aryl methyl sites for hydroxylation is 1. The number of nitrogens with zero attached hydrogens (tertiary/aromatic N) is 3. The van der Waals surface area contributed by atoms with Crippen molar-refractivity contribution in [3.05, 3.63) is 99.0 Å². The minimum absolute atomic E-state index is 0.220. The number of halogens is 2. The largest absolute Gasteiger partial charge is 0.494 e. The second-order valence-corrected chi connectivity index (χ2v) is 12.3. The Kier molecular flexibility index (Phi) is 13.8. The standard InChI is InChI=1S/C35H41Cl2N3O4.C2H6/c1-25-4-7-29(37)24-33(25)32-14-16-40(35(42)44-31-12-8-28(36)9-13-31)34(26(32)2)27-5-10-30(11-6-27)43-23-3-15-38-17-19-39(20-18-38)21-22-41;1-2/h4-13,24,34,41H,3,14-23H2,1-2H3;1-2H3. The summed E-state index contributed by atoms with van der Waals surface area (Å²) in [5.41, 5.74) is 5.53. The highest BCUT2D eigenvalue weighted by Crippen LogP contribution is 2.41. The SMILES string of the molecule is CC.CC1=C(c2cc(Cl)ccc2C)CCN(C(=O)Oc2ccc(Cl)cc2)C1c1ccc(OCCCN2CCN(CCO)CC2)cc1. The number of aliphatic hydroxyl groups is 1. The van der Waals surface area contributed by atoms with Gasteiger partial charge in [-0.25, -0.2) is 4.79 Å². The van der Waals surface area contributed by atoms with Gasteiger partial charge in [0.15, 0.2) is 0 Å². The number of benzene rings is 3. The van der Waals surface area contributed by atoms with E-state index >= 15 is 0 Å². The van der Waals surface area contributed by atoms with Gasteiger partial charge < -0.3 is 19.5 Å². The molecule has 1 atom stereocenters. The molecule has 1 unspecified atom stereocenters. The van der Waals surface area contributed by atoms with Crippen molar-refractivity contribution >= 4 is 34.9 Å². The fraction of sp³-hybridized carbons (Fsp3) is 0.432. The first kappa shape index (κ1) is 35.8. The Morgan fingerprint density at radius 2 is 1.43 bits per heavy atom. The highest BCUT2D eigenvalue weighted by atomic mass is 35.5. The Morgan fingerprint density at radius 1 is 0.826 bits per heavy atom. The van der Waals surface area contributed by atoms with Crippen molar-refractivity contribution in [1.82, 2.24) is 14.7 Å². The van der Waals surface area contributed by atoms with E-state index in [0.717, 1.165) is 73.7 Å². The fourth-order valence-electron chi connectivity index (χ4n) is 6.11. The molecule has 0 aromatic heterocycles. The van der Waals surface area contributed by atoms with Crippen LogP contribution in [0.15, 0.2) is 72.3 Å². The molecule has 1 saturated heterocycles. The summed E-state index contributed by atoms with van der Waals surface area (Å²) in [5.74, 6) is 1.26. The fourth-order valence-corrected chi connectivity index (χ4v) is 6.41. The Balaban J connectivity index is 0.00000235. The molecule has 1 N–H and O–H groups in total. The van der Waals surface area contributed by atoms with Crippen molar-refractivity contribution in [3.63, 3.8) is 0 Å². The monoisotopic (exact) mass is 667 g/mol. The third-order valence-corrected chi connectivity index (χ3v) is 9.03. The van der Waals surface area contributed by atoms with Crippen LogP contribution in [0.1, 0.15) is 56.3 Å². The number of piperazine rings is 1. The van der Waals surface area contributed by atoms with E-state index in [-0.39, 0.29) is 12.6 Å². The molecule has 1 fully saturated rings. The van der Waals surface area contributed by atoms with Crippen molar-refractivity contribution < 1.29 is 19.4 Å². The van der Waals surface area contributed by atoms with E-state index in [4.69, 9.17) is 37.8 Å². The average Bonchev–Trinajstić information content (AvgIpc) is 3.07. The average molecular weight is 669 g/mol. The van der Waals surface area contributed by atoms with E-state index in [9.17, 15) is 4.79 Å². The molecule has 0 bridgehead atoms. The van der Waals surface area contributed by atoms with Crippen molar-refractivity contribution in [3.8, 4) is 11.5 Å². The van der Waals surface area contributed by atoms with Crippen LogP contribution < -0.4 is 9.47 Å². The lowest BCUT2D eigenvalue weighted by molar-refractivity contribution is 0.108. The number of carbonyl (C=O) groups is 1. The van der Waals surface area contributed by atoms with Crippen LogP contribution in [0.4, 0.5) is 4.79 Å². The molecular weight excluding hydrogens is 621 g/mol. The van der Waals surface area contributed by atoms with Gasteiger partial charge in [-0.1, -0.05) is 55.2 Å². The van der Waals surface area contributed by atoms with Gasteiger partial charge in [0.2, 0.25) is 0 Å². The summed E-state index contributed by atoms with van der Waals surface area (Å²) >= 11 is 12.4. The molecule has 46 heavy (non-hydrogen) atoms. The predicted octanol–water partition coefficient (Wildman–Crippen LogP) is 8.13. The van der Waals surface area contributed by atoms with E-state index in [0.29, 0.717) is 35.4 Å². The second kappa shape index (κ2) is 17.7. The zero-order valence-electron chi connectivity index (χ0n) is 27.5. The Labute approximate surface area is 284 Å². The number of hydrogen-bond acceptors (Lipinski definition) is 6. The van der Waals surface area contributed by atoms with Crippen LogP contribution in [0, 0.1) is 6.92 Å². The van der Waals surface area contributed by atoms with Gasteiger partial charge in [-0.3, -0.25) is 9.80 Å². The molecular formula is C37H47Cl2N3O4. The predicted molar refractivity (Wildman–Crippen MR) is 188 cm³/mol. The van der Waals surface area contributed by atoms with Gasteiger partial charge in [-0.15, -0.1) is 0 Å². The topological polar surface area (TPSA) is 65.5 Å². The van der Waals surface area contributed by atoms with Crippen molar-refractivity contribution in [2.24, 2.45) is 0 Å². The highest BCUT2D eigenvalue weighted by molar-refractivity contribution is 6.31. The molecule has 0 saturated carbocycles. The van der Waals surface area contributed by atoms with Crippen molar-refractivity contribution in [2.75, 3.05) is 59.0 Å². The Morgan fingerprint density at radius 3 is 2.09 bits per heavy atom. The lowest BCUT2D eigenvalue weighted by Crippen LogP contribution is -2.47. The molecule has 2 aliphatic heterocycles. The number of ether oxygens (including phenoxy) is 2. The normalized spacial score (nSPS) is 17.4. The zero-order valence-corrected chi connectivity index (χ0v) is 29.0. The number of hydrogen-bond donors (Lipinski definition) is 1. The van der Waals surface area contributed by atoms with Crippen LogP contribution in [0.25, 0.3) is 5.57 Å². The van der Waals surface area contributed by atoms with E-state index in [1.54, 1.807) is 29.2 Å². The third kappa shape index (κ3) is 9.49. The molecule has 2 aliphatic rings.